The maximum absolute atomic E-state index is 14.6. The number of thioether (sulfide) groups is 1. The first-order chi connectivity index (χ1) is 34.5. The molecule has 1 saturated heterocycles. The summed E-state index contributed by atoms with van der Waals surface area (Å²) in [6.45, 7) is 0. The molecule has 18 heteroatoms. The lowest BCUT2D eigenvalue weighted by atomic mass is 9.61. The van der Waals surface area contributed by atoms with Gasteiger partial charge in [0.05, 0.1) is 18.3 Å². The monoisotopic (exact) mass is 1030 g/mol. The number of amides is 3. The van der Waals surface area contributed by atoms with Crippen molar-refractivity contribution in [2.75, 3.05) is 41.7 Å². The predicted molar refractivity (Wildman–Crippen MR) is 272 cm³/mol. The van der Waals surface area contributed by atoms with Crippen molar-refractivity contribution in [2.45, 2.75) is 131 Å². The Bertz CT molecular complexity index is 2790. The van der Waals surface area contributed by atoms with Crippen LogP contribution in [0.4, 0.5) is 13.2 Å². The normalized spacial score (nSPS) is 34.8. The van der Waals surface area contributed by atoms with Crippen molar-refractivity contribution in [1.29, 1.82) is 0 Å². The summed E-state index contributed by atoms with van der Waals surface area (Å²) >= 11 is 6.68. The number of thiocarbonyl (C=S) groups is 1. The third kappa shape index (κ3) is 7.10. The molecular formula is C54H64F3N7O6S2. The third-order valence-corrected chi connectivity index (χ3v) is 19.5. The quantitative estimate of drug-likeness (QED) is 0.225. The first kappa shape index (κ1) is 50.6. The summed E-state index contributed by atoms with van der Waals surface area (Å²) in [7, 11) is 8.59. The Morgan fingerprint density at radius 2 is 1.01 bits per heavy atom. The number of ether oxygens (including phenoxy) is 3. The summed E-state index contributed by atoms with van der Waals surface area (Å²) < 4.78 is 60.0. The van der Waals surface area contributed by atoms with Crippen LogP contribution < -0.4 is 16.4 Å². The zero-order valence-electron chi connectivity index (χ0n) is 41.8. The van der Waals surface area contributed by atoms with Gasteiger partial charge in [0.15, 0.2) is 32.9 Å². The molecule has 3 aromatic carbocycles. The van der Waals surface area contributed by atoms with Gasteiger partial charge in [-0.25, -0.2) is 23.2 Å². The highest BCUT2D eigenvalue weighted by atomic mass is 32.2. The van der Waals surface area contributed by atoms with Gasteiger partial charge in [0.1, 0.15) is 17.5 Å². The van der Waals surface area contributed by atoms with Crippen LogP contribution in [0.25, 0.3) is 0 Å². The van der Waals surface area contributed by atoms with E-state index >= 15 is 0 Å². The largest absolute Gasteiger partial charge is 0.381 e. The van der Waals surface area contributed by atoms with Gasteiger partial charge in [0.2, 0.25) is 0 Å². The average molecular weight is 1030 g/mol. The second-order valence-electron chi connectivity index (χ2n) is 21.4. The van der Waals surface area contributed by atoms with Crippen LogP contribution in [0.15, 0.2) is 64.6 Å². The van der Waals surface area contributed by atoms with Gasteiger partial charge in [-0.05, 0) is 166 Å². The van der Waals surface area contributed by atoms with E-state index in [9.17, 15) is 27.6 Å². The Kier molecular flexibility index (Phi) is 13.0. The summed E-state index contributed by atoms with van der Waals surface area (Å²) in [5.41, 5.74) is 6.02. The number of likely N-dealkylation sites (N-methyl/N-ethyl adjacent to an activating group) is 2. The van der Waals surface area contributed by atoms with E-state index in [0.29, 0.717) is 46.6 Å². The van der Waals surface area contributed by atoms with Crippen LogP contribution in [-0.4, -0.2) is 104 Å². The number of hydrogen-bond donors (Lipinski definition) is 3. The van der Waals surface area contributed by atoms with Crippen LogP contribution in [0, 0.1) is 33.7 Å². The molecule has 0 bridgehead atoms. The van der Waals surface area contributed by atoms with E-state index in [1.54, 1.807) is 58.5 Å². The molecule has 3 heterocycles. The standard InChI is InChI=1S/C19H23FN2O2S.C18H22FN3O2.C17H19FN2O2S/c1-22-16(23)19(21-17(22)25-3)14-5-4-6-15(20)13(14)11-18(19)9-7-12(24-2)8-10-18;1-22-15(23)18(21-16(22)20)13-4-3-5-14(19)12(13)10-17(18)8-6-11(24-2)7-9-17;1-22-10-5-7-16(8-6-10)9-11-12(3-2-4-13(11)18)17(16)14(21)19-15(23)20-17/h4-6,12H,7-11H2,1-3H3;3-5,11H,6-10H2,1-2H3,(H2,20,21);2-4,10H,5-9H2,1H3,(H2,19,20,21,23). The number of nitrogens with one attached hydrogen (secondary N) is 2. The highest BCUT2D eigenvalue weighted by Gasteiger charge is 2.69. The molecule has 3 aromatic rings. The third-order valence-electron chi connectivity index (χ3n) is 18.5. The van der Waals surface area contributed by atoms with Crippen molar-refractivity contribution in [3.05, 3.63) is 105 Å². The summed E-state index contributed by atoms with van der Waals surface area (Å²) in [6, 6.07) is 15.1. The number of nitrogens with zero attached hydrogens (tertiary/aromatic N) is 4. The Balaban J connectivity index is 0.000000124. The van der Waals surface area contributed by atoms with E-state index in [-0.39, 0.29) is 70.3 Å². The molecule has 4 N–H and O–H groups in total. The Morgan fingerprint density at radius 3 is 1.39 bits per heavy atom. The molecular weight excluding hydrogens is 964 g/mol. The van der Waals surface area contributed by atoms with Crippen LogP contribution in [0.3, 0.4) is 0 Å². The van der Waals surface area contributed by atoms with E-state index < -0.39 is 22.0 Å². The van der Waals surface area contributed by atoms with Gasteiger partial charge < -0.3 is 30.6 Å². The average Bonchev–Trinajstić information content (AvgIpc) is 4.15. The van der Waals surface area contributed by atoms with Gasteiger partial charge in [-0.3, -0.25) is 24.2 Å². The molecule has 384 valence electrons. The Labute approximate surface area is 428 Å². The minimum atomic E-state index is -1.08. The molecule has 12 rings (SSSR count). The lowest BCUT2D eigenvalue weighted by Gasteiger charge is -2.46. The molecule has 3 saturated carbocycles. The van der Waals surface area contributed by atoms with Gasteiger partial charge >= 0.3 is 0 Å². The number of halogens is 3. The van der Waals surface area contributed by atoms with Crippen molar-refractivity contribution >= 4 is 57.9 Å². The Hall–Kier alpha value is -4.88. The van der Waals surface area contributed by atoms with Crippen LogP contribution in [0.2, 0.25) is 0 Å². The van der Waals surface area contributed by atoms with E-state index in [4.69, 9.17) is 37.2 Å². The van der Waals surface area contributed by atoms with E-state index in [0.717, 1.165) is 93.3 Å². The molecule has 0 aromatic heterocycles. The van der Waals surface area contributed by atoms with Gasteiger partial charge in [0.25, 0.3) is 17.7 Å². The zero-order chi connectivity index (χ0) is 51.2. The molecule has 4 fully saturated rings. The van der Waals surface area contributed by atoms with Gasteiger partial charge in [-0.1, -0.05) is 48.2 Å². The molecule has 6 spiro atoms. The number of methoxy groups -OCH3 is 3. The first-order valence-corrected chi connectivity index (χ1v) is 26.7. The van der Waals surface area contributed by atoms with Crippen molar-refractivity contribution in [1.82, 2.24) is 20.4 Å². The molecule has 13 nitrogen and oxygen atoms in total. The van der Waals surface area contributed by atoms with E-state index in [1.807, 2.05) is 24.5 Å². The highest BCUT2D eigenvalue weighted by molar-refractivity contribution is 8.13. The molecule has 0 radical (unpaired) electrons. The number of fused-ring (bicyclic) bond motifs is 9. The maximum atomic E-state index is 14.6. The zero-order valence-corrected chi connectivity index (χ0v) is 43.4. The number of carbonyl (C=O) groups is 3. The van der Waals surface area contributed by atoms with Crippen molar-refractivity contribution < 1.29 is 41.8 Å². The number of nitrogens with two attached hydrogens (primary N) is 1. The van der Waals surface area contributed by atoms with Crippen LogP contribution in [0.1, 0.15) is 110 Å². The lowest BCUT2D eigenvalue weighted by molar-refractivity contribution is -0.138. The summed E-state index contributed by atoms with van der Waals surface area (Å²) in [5, 5.41) is 7.01. The number of benzene rings is 3. The van der Waals surface area contributed by atoms with Crippen LogP contribution in [0.5, 0.6) is 0 Å². The van der Waals surface area contributed by atoms with Gasteiger partial charge in [-0.15, -0.1) is 0 Å². The molecule has 3 unspecified atom stereocenters. The molecule has 3 aliphatic heterocycles. The Morgan fingerprint density at radius 1 is 0.625 bits per heavy atom. The van der Waals surface area contributed by atoms with Crippen molar-refractivity contribution in [3.8, 4) is 0 Å². The van der Waals surface area contributed by atoms with E-state index in [1.165, 1.54) is 34.9 Å². The minimum Gasteiger partial charge on any atom is -0.381 e. The maximum Gasteiger partial charge on any atom is 0.262 e. The first-order valence-electron chi connectivity index (χ1n) is 25.1. The second kappa shape index (κ2) is 18.5. The van der Waals surface area contributed by atoms with Crippen LogP contribution >= 0.6 is 24.0 Å². The number of carbonyl (C=O) groups excluding carboxylic acids is 3. The number of hydrogen-bond acceptors (Lipinski definition) is 11. The highest BCUT2D eigenvalue weighted by Crippen LogP contribution is 2.64. The fourth-order valence-electron chi connectivity index (χ4n) is 14.8. The van der Waals surface area contributed by atoms with Crippen molar-refractivity contribution in [2.24, 2.45) is 32.0 Å². The summed E-state index contributed by atoms with van der Waals surface area (Å²) in [6.07, 6.45) is 14.2. The number of amidine groups is 1. The molecule has 6 aliphatic carbocycles. The fraction of sp³-hybridized carbons (Fsp3) is 0.556. The molecule has 9 aliphatic rings. The predicted octanol–water partition coefficient (Wildman–Crippen LogP) is 7.44. The molecule has 3 amide bonds. The molecule has 72 heavy (non-hydrogen) atoms. The lowest BCUT2D eigenvalue weighted by Crippen LogP contribution is -2.56. The minimum absolute atomic E-state index is 0.0166. The summed E-state index contributed by atoms with van der Waals surface area (Å²) in [5.74, 6) is -0.801. The van der Waals surface area contributed by atoms with Gasteiger partial charge in [-0.2, -0.15) is 0 Å². The fourth-order valence-corrected chi connectivity index (χ4v) is 15.6. The number of rotatable bonds is 3. The number of guanidine groups is 1. The van der Waals surface area contributed by atoms with Crippen molar-refractivity contribution in [3.63, 3.8) is 0 Å². The van der Waals surface area contributed by atoms with Gasteiger partial charge in [0, 0.05) is 51.7 Å². The number of aliphatic imine (C=N–C) groups is 2. The molecule has 3 atom stereocenters. The summed E-state index contributed by atoms with van der Waals surface area (Å²) in [4.78, 5) is 52.2. The SMILES string of the molecule is COC1CCC2(CC1)Cc1c(F)cccc1C21N=C(N)N(C)C1=O.COC1CCC2(CC1)Cc1c(F)cccc1C21N=C(SC)N(C)C1=O.COC1CCC2(CC1)Cc1c(F)cccc1C21NC(=S)NC1=O. The second-order valence-corrected chi connectivity index (χ2v) is 22.5. The smallest absolute Gasteiger partial charge is 0.262 e. The van der Waals surface area contributed by atoms with E-state index in [2.05, 4.69) is 15.6 Å². The topological polar surface area (TPSA) is 160 Å². The van der Waals surface area contributed by atoms with Crippen LogP contribution in [-0.2, 0) is 64.5 Å².